The van der Waals surface area contributed by atoms with Crippen molar-refractivity contribution in [3.63, 3.8) is 0 Å². The van der Waals surface area contributed by atoms with E-state index in [-0.39, 0.29) is 30.0 Å². The van der Waals surface area contributed by atoms with E-state index in [2.05, 4.69) is 6.58 Å². The van der Waals surface area contributed by atoms with Gasteiger partial charge < -0.3 is 10.5 Å². The van der Waals surface area contributed by atoms with E-state index in [0.717, 1.165) is 5.56 Å². The monoisotopic (exact) mass is 217 g/mol. The van der Waals surface area contributed by atoms with Gasteiger partial charge in [0.15, 0.2) is 11.6 Å². The van der Waals surface area contributed by atoms with Gasteiger partial charge in [-0.15, -0.1) is 19.0 Å². The zero-order chi connectivity index (χ0) is 9.84. The summed E-state index contributed by atoms with van der Waals surface area (Å²) in [5.41, 5.74) is 6.46. The lowest BCUT2D eigenvalue weighted by Gasteiger charge is -2.08. The minimum atomic E-state index is -0.387. The average Bonchev–Trinajstić information content (AvgIpc) is 2.17. The Morgan fingerprint density at radius 1 is 1.57 bits per heavy atom. The van der Waals surface area contributed by atoms with Gasteiger partial charge in [0.1, 0.15) is 0 Å². The van der Waals surface area contributed by atoms with Crippen molar-refractivity contribution in [2.24, 2.45) is 5.73 Å². The number of ether oxygens (including phenoxy) is 1. The molecule has 0 fully saturated rings. The van der Waals surface area contributed by atoms with E-state index in [9.17, 15) is 4.39 Å². The first kappa shape index (κ1) is 12.9. The van der Waals surface area contributed by atoms with Crippen molar-refractivity contribution < 1.29 is 9.13 Å². The second kappa shape index (κ2) is 5.62. The molecule has 2 N–H and O–H groups in total. The third-order valence-electron chi connectivity index (χ3n) is 1.81. The van der Waals surface area contributed by atoms with Crippen LogP contribution in [-0.4, -0.2) is 7.11 Å². The predicted molar refractivity (Wildman–Crippen MR) is 57.3 cm³/mol. The summed E-state index contributed by atoms with van der Waals surface area (Å²) >= 11 is 0. The van der Waals surface area contributed by atoms with Crippen molar-refractivity contribution in [2.75, 3.05) is 7.11 Å². The SMILES string of the molecule is C=C[C@H](N)c1ccc(F)c(OC)c1.Cl. The van der Waals surface area contributed by atoms with Crippen molar-refractivity contribution in [3.8, 4) is 5.75 Å². The molecule has 0 spiro atoms. The number of hydrogen-bond acceptors (Lipinski definition) is 2. The zero-order valence-electron chi connectivity index (χ0n) is 7.87. The Kier molecular flexibility index (Phi) is 5.20. The Morgan fingerprint density at radius 2 is 2.21 bits per heavy atom. The van der Waals surface area contributed by atoms with Gasteiger partial charge >= 0.3 is 0 Å². The van der Waals surface area contributed by atoms with Gasteiger partial charge in [-0.1, -0.05) is 12.1 Å². The van der Waals surface area contributed by atoms with Crippen molar-refractivity contribution in [3.05, 3.63) is 42.2 Å². The van der Waals surface area contributed by atoms with E-state index >= 15 is 0 Å². The van der Waals surface area contributed by atoms with Crippen LogP contribution >= 0.6 is 12.4 Å². The zero-order valence-corrected chi connectivity index (χ0v) is 8.68. The van der Waals surface area contributed by atoms with E-state index in [1.165, 1.54) is 13.2 Å². The van der Waals surface area contributed by atoms with E-state index in [4.69, 9.17) is 10.5 Å². The highest BCUT2D eigenvalue weighted by atomic mass is 35.5. The fraction of sp³-hybridized carbons (Fsp3) is 0.200. The van der Waals surface area contributed by atoms with E-state index in [1.54, 1.807) is 18.2 Å². The largest absolute Gasteiger partial charge is 0.494 e. The average molecular weight is 218 g/mol. The van der Waals surface area contributed by atoms with Crippen LogP contribution in [0.3, 0.4) is 0 Å². The van der Waals surface area contributed by atoms with Crippen LogP contribution in [0.1, 0.15) is 11.6 Å². The Balaban J connectivity index is 0.00000169. The predicted octanol–water partition coefficient (Wildman–Crippen LogP) is 2.44. The number of rotatable bonds is 3. The highest BCUT2D eigenvalue weighted by molar-refractivity contribution is 5.85. The quantitative estimate of drug-likeness (QED) is 0.790. The molecule has 14 heavy (non-hydrogen) atoms. The Labute approximate surface area is 89.0 Å². The molecule has 1 aromatic rings. The lowest BCUT2D eigenvalue weighted by Crippen LogP contribution is -2.06. The first-order chi connectivity index (χ1) is 6.19. The molecule has 0 saturated heterocycles. The second-order valence-corrected chi connectivity index (χ2v) is 2.66. The summed E-state index contributed by atoms with van der Waals surface area (Å²) in [5.74, 6) is -0.183. The Morgan fingerprint density at radius 3 is 2.71 bits per heavy atom. The van der Waals surface area contributed by atoms with Gasteiger partial charge in [-0.25, -0.2) is 4.39 Å². The number of hydrogen-bond donors (Lipinski definition) is 1. The van der Waals surface area contributed by atoms with Gasteiger partial charge in [-0.05, 0) is 17.7 Å². The topological polar surface area (TPSA) is 35.2 Å². The summed E-state index contributed by atoms with van der Waals surface area (Å²) in [4.78, 5) is 0. The molecular weight excluding hydrogens is 205 g/mol. The normalized spacial score (nSPS) is 11.4. The van der Waals surface area contributed by atoms with Gasteiger partial charge in [-0.2, -0.15) is 0 Å². The number of methoxy groups -OCH3 is 1. The standard InChI is InChI=1S/C10H12FNO.ClH/c1-3-9(12)7-4-5-8(11)10(6-7)13-2;/h3-6,9H,1,12H2,2H3;1H/t9-;/m0./s1. The molecule has 2 nitrogen and oxygen atoms in total. The maximum absolute atomic E-state index is 12.9. The maximum Gasteiger partial charge on any atom is 0.165 e. The molecule has 1 rings (SSSR count). The Hall–Kier alpha value is -1.06. The van der Waals surface area contributed by atoms with Crippen LogP contribution in [0, 0.1) is 5.82 Å². The number of benzene rings is 1. The molecular formula is C10H13ClFNO. The highest BCUT2D eigenvalue weighted by Crippen LogP contribution is 2.21. The lowest BCUT2D eigenvalue weighted by atomic mass is 10.1. The van der Waals surface area contributed by atoms with Crippen molar-refractivity contribution in [1.29, 1.82) is 0 Å². The third kappa shape index (κ3) is 2.72. The molecule has 4 heteroatoms. The Bertz CT molecular complexity index is 317. The fourth-order valence-corrected chi connectivity index (χ4v) is 1.02. The van der Waals surface area contributed by atoms with Gasteiger partial charge in [0, 0.05) is 6.04 Å². The second-order valence-electron chi connectivity index (χ2n) is 2.66. The number of nitrogens with two attached hydrogens (primary N) is 1. The molecule has 0 aromatic heterocycles. The van der Waals surface area contributed by atoms with Crippen LogP contribution in [-0.2, 0) is 0 Å². The molecule has 0 amide bonds. The van der Waals surface area contributed by atoms with Crippen molar-refractivity contribution in [2.45, 2.75) is 6.04 Å². The third-order valence-corrected chi connectivity index (χ3v) is 1.81. The van der Waals surface area contributed by atoms with Crippen LogP contribution in [0.5, 0.6) is 5.75 Å². The molecule has 0 aliphatic heterocycles. The van der Waals surface area contributed by atoms with E-state index < -0.39 is 0 Å². The summed E-state index contributed by atoms with van der Waals surface area (Å²) in [6.45, 7) is 3.56. The molecule has 0 aliphatic carbocycles. The van der Waals surface area contributed by atoms with Gasteiger partial charge in [-0.3, -0.25) is 0 Å². The van der Waals surface area contributed by atoms with E-state index in [0.29, 0.717) is 0 Å². The van der Waals surface area contributed by atoms with Crippen LogP contribution in [0.2, 0.25) is 0 Å². The smallest absolute Gasteiger partial charge is 0.165 e. The molecule has 0 unspecified atom stereocenters. The van der Waals surface area contributed by atoms with Crippen LogP contribution < -0.4 is 10.5 Å². The summed E-state index contributed by atoms with van der Waals surface area (Å²) < 4.78 is 17.8. The summed E-state index contributed by atoms with van der Waals surface area (Å²) in [7, 11) is 1.42. The summed E-state index contributed by atoms with van der Waals surface area (Å²) in [6.07, 6.45) is 1.59. The van der Waals surface area contributed by atoms with Crippen LogP contribution in [0.25, 0.3) is 0 Å². The molecule has 0 saturated carbocycles. The molecule has 1 atom stereocenters. The molecule has 0 radical (unpaired) electrons. The summed E-state index contributed by atoms with van der Waals surface area (Å²) in [5, 5.41) is 0. The van der Waals surface area contributed by atoms with Crippen LogP contribution in [0.4, 0.5) is 4.39 Å². The fourth-order valence-electron chi connectivity index (χ4n) is 1.02. The lowest BCUT2D eigenvalue weighted by molar-refractivity contribution is 0.385. The maximum atomic E-state index is 12.9. The molecule has 78 valence electrons. The minimum absolute atomic E-state index is 0. The first-order valence-electron chi connectivity index (χ1n) is 3.90. The van der Waals surface area contributed by atoms with Crippen molar-refractivity contribution in [1.82, 2.24) is 0 Å². The van der Waals surface area contributed by atoms with Gasteiger partial charge in [0.2, 0.25) is 0 Å². The highest BCUT2D eigenvalue weighted by Gasteiger charge is 2.06. The van der Waals surface area contributed by atoms with Gasteiger partial charge in [0.25, 0.3) is 0 Å². The van der Waals surface area contributed by atoms with E-state index in [1.807, 2.05) is 0 Å². The molecule has 0 aliphatic rings. The first-order valence-corrected chi connectivity index (χ1v) is 3.90. The number of halogens is 2. The van der Waals surface area contributed by atoms with Crippen molar-refractivity contribution >= 4 is 12.4 Å². The molecule has 0 bridgehead atoms. The van der Waals surface area contributed by atoms with Gasteiger partial charge in [0.05, 0.1) is 7.11 Å². The van der Waals surface area contributed by atoms with Crippen LogP contribution in [0.15, 0.2) is 30.9 Å². The molecule has 1 aromatic carbocycles. The summed E-state index contributed by atoms with van der Waals surface area (Å²) in [6, 6.07) is 4.23. The minimum Gasteiger partial charge on any atom is -0.494 e. The molecule has 0 heterocycles.